The number of Topliss-reactive ketones (excluding diaryl/α,β-unsaturated/α-hetero) is 1. The van der Waals surface area contributed by atoms with Gasteiger partial charge in [0, 0.05) is 24.8 Å². The molecule has 0 aromatic carbocycles. The molecule has 21 heavy (non-hydrogen) atoms. The van der Waals surface area contributed by atoms with Crippen LogP contribution >= 0.6 is 12.4 Å². The first-order valence-electron chi connectivity index (χ1n) is 7.21. The number of ketones is 1. The van der Waals surface area contributed by atoms with Gasteiger partial charge in [0.25, 0.3) is 5.91 Å². The molecule has 5 nitrogen and oxygen atoms in total. The molecule has 1 aliphatic rings. The Hall–Kier alpha value is -1.33. The van der Waals surface area contributed by atoms with Crippen LogP contribution in [0.2, 0.25) is 0 Å². The van der Waals surface area contributed by atoms with Crippen LogP contribution in [0.15, 0.2) is 12.3 Å². The second-order valence-corrected chi connectivity index (χ2v) is 5.64. The number of carbonyl (C=O) groups is 2. The second kappa shape index (κ2) is 7.61. The Morgan fingerprint density at radius 1 is 1.38 bits per heavy atom. The summed E-state index contributed by atoms with van der Waals surface area (Å²) in [5.41, 5.74) is 6.87. The van der Waals surface area contributed by atoms with E-state index in [-0.39, 0.29) is 30.1 Å². The van der Waals surface area contributed by atoms with Gasteiger partial charge in [-0.1, -0.05) is 12.8 Å². The fourth-order valence-corrected chi connectivity index (χ4v) is 2.90. The lowest BCUT2D eigenvalue weighted by atomic mass is 9.84. The molecule has 1 aliphatic carbocycles. The zero-order valence-electron chi connectivity index (χ0n) is 12.6. The number of aromatic nitrogens is 1. The quantitative estimate of drug-likeness (QED) is 0.833. The maximum atomic E-state index is 12.3. The summed E-state index contributed by atoms with van der Waals surface area (Å²) in [6.45, 7) is 2.11. The SMILES string of the molecule is CC(=O)c1cc(C(=O)NC2CCCCC2CN)n(C)c1.Cl. The lowest BCUT2D eigenvalue weighted by molar-refractivity contribution is 0.0899. The molecule has 0 radical (unpaired) electrons. The third-order valence-electron chi connectivity index (χ3n) is 4.17. The minimum atomic E-state index is -0.120. The fraction of sp³-hybridized carbons (Fsp3) is 0.600. The maximum absolute atomic E-state index is 12.3. The molecule has 2 unspecified atom stereocenters. The standard InChI is InChI=1S/C15H23N3O2.ClH/c1-10(19)12-7-14(18(2)9-12)15(20)17-13-6-4-3-5-11(13)8-16;/h7,9,11,13H,3-6,8,16H2,1-2H3,(H,17,20);1H. The minimum Gasteiger partial charge on any atom is -0.348 e. The van der Waals surface area contributed by atoms with Crippen LogP contribution in [-0.4, -0.2) is 28.8 Å². The van der Waals surface area contributed by atoms with Crippen molar-refractivity contribution >= 4 is 24.1 Å². The van der Waals surface area contributed by atoms with Crippen LogP contribution in [0.1, 0.15) is 53.5 Å². The van der Waals surface area contributed by atoms with Crippen molar-refractivity contribution in [1.82, 2.24) is 9.88 Å². The molecule has 0 bridgehead atoms. The van der Waals surface area contributed by atoms with Crippen molar-refractivity contribution in [3.8, 4) is 0 Å². The third kappa shape index (κ3) is 4.08. The van der Waals surface area contributed by atoms with E-state index < -0.39 is 0 Å². The average Bonchev–Trinajstić information content (AvgIpc) is 2.82. The molecule has 2 rings (SSSR count). The van der Waals surface area contributed by atoms with E-state index in [1.54, 1.807) is 23.9 Å². The molecule has 1 fully saturated rings. The monoisotopic (exact) mass is 313 g/mol. The maximum Gasteiger partial charge on any atom is 0.268 e. The van der Waals surface area contributed by atoms with Crippen molar-refractivity contribution in [1.29, 1.82) is 0 Å². The molecule has 6 heteroatoms. The highest BCUT2D eigenvalue weighted by molar-refractivity contribution is 5.99. The van der Waals surface area contributed by atoms with Crippen molar-refractivity contribution in [3.63, 3.8) is 0 Å². The van der Waals surface area contributed by atoms with Crippen molar-refractivity contribution in [2.75, 3.05) is 6.54 Å². The van der Waals surface area contributed by atoms with E-state index in [9.17, 15) is 9.59 Å². The third-order valence-corrected chi connectivity index (χ3v) is 4.17. The van der Waals surface area contributed by atoms with Crippen molar-refractivity contribution < 1.29 is 9.59 Å². The highest BCUT2D eigenvalue weighted by Gasteiger charge is 2.26. The summed E-state index contributed by atoms with van der Waals surface area (Å²) in [7, 11) is 1.78. The van der Waals surface area contributed by atoms with Gasteiger partial charge >= 0.3 is 0 Å². The average molecular weight is 314 g/mol. The van der Waals surface area contributed by atoms with E-state index in [0.717, 1.165) is 19.3 Å². The summed E-state index contributed by atoms with van der Waals surface area (Å²) in [6.07, 6.45) is 6.07. The fourth-order valence-electron chi connectivity index (χ4n) is 2.90. The second-order valence-electron chi connectivity index (χ2n) is 5.64. The lowest BCUT2D eigenvalue weighted by Gasteiger charge is -2.31. The van der Waals surface area contributed by atoms with Gasteiger partial charge in [0.1, 0.15) is 5.69 Å². The number of hydrogen-bond acceptors (Lipinski definition) is 3. The van der Waals surface area contributed by atoms with Crippen molar-refractivity contribution in [2.24, 2.45) is 18.7 Å². The van der Waals surface area contributed by atoms with Gasteiger partial charge in [0.05, 0.1) is 0 Å². The number of amides is 1. The topological polar surface area (TPSA) is 77.1 Å². The molecule has 1 aromatic heterocycles. The van der Waals surface area contributed by atoms with E-state index in [0.29, 0.717) is 23.7 Å². The number of nitrogens with zero attached hydrogens (tertiary/aromatic N) is 1. The molecule has 1 amide bonds. The Morgan fingerprint density at radius 2 is 2.05 bits per heavy atom. The number of aryl methyl sites for hydroxylation is 1. The summed E-state index contributed by atoms with van der Waals surface area (Å²) < 4.78 is 1.70. The van der Waals surface area contributed by atoms with Gasteiger partial charge < -0.3 is 15.6 Å². The van der Waals surface area contributed by atoms with E-state index in [1.807, 2.05) is 0 Å². The molecule has 1 heterocycles. The molecule has 0 saturated heterocycles. The summed E-state index contributed by atoms with van der Waals surface area (Å²) in [5.74, 6) is 0.211. The number of carbonyl (C=O) groups excluding carboxylic acids is 2. The van der Waals surface area contributed by atoms with E-state index >= 15 is 0 Å². The van der Waals surface area contributed by atoms with Gasteiger partial charge in [-0.25, -0.2) is 0 Å². The van der Waals surface area contributed by atoms with Crippen molar-refractivity contribution in [3.05, 3.63) is 23.5 Å². The molecule has 2 atom stereocenters. The smallest absolute Gasteiger partial charge is 0.268 e. The summed E-state index contributed by atoms with van der Waals surface area (Å²) in [6, 6.07) is 1.80. The van der Waals surface area contributed by atoms with Gasteiger partial charge in [-0.05, 0) is 38.3 Å². The van der Waals surface area contributed by atoms with Gasteiger partial charge in [-0.3, -0.25) is 9.59 Å². The largest absolute Gasteiger partial charge is 0.348 e. The predicted molar refractivity (Wildman–Crippen MR) is 84.9 cm³/mol. The summed E-state index contributed by atoms with van der Waals surface area (Å²) >= 11 is 0. The van der Waals surface area contributed by atoms with Gasteiger partial charge in [-0.15, -0.1) is 12.4 Å². The number of nitrogens with two attached hydrogens (primary N) is 1. The molecule has 118 valence electrons. The van der Waals surface area contributed by atoms with Crippen molar-refractivity contribution in [2.45, 2.75) is 38.6 Å². The summed E-state index contributed by atoms with van der Waals surface area (Å²) in [4.78, 5) is 23.7. The number of halogens is 1. The van der Waals surface area contributed by atoms with Gasteiger partial charge in [0.15, 0.2) is 5.78 Å². The van der Waals surface area contributed by atoms with Crippen LogP contribution in [0, 0.1) is 5.92 Å². The van der Waals surface area contributed by atoms with Crippen LogP contribution in [0.25, 0.3) is 0 Å². The zero-order valence-corrected chi connectivity index (χ0v) is 13.4. The highest BCUT2D eigenvalue weighted by Crippen LogP contribution is 2.24. The Balaban J connectivity index is 0.00000220. The number of hydrogen-bond donors (Lipinski definition) is 2. The zero-order chi connectivity index (χ0) is 14.7. The highest BCUT2D eigenvalue weighted by atomic mass is 35.5. The molecular weight excluding hydrogens is 290 g/mol. The first-order valence-corrected chi connectivity index (χ1v) is 7.21. The lowest BCUT2D eigenvalue weighted by Crippen LogP contribution is -2.45. The predicted octanol–water partition coefficient (Wildman–Crippen LogP) is 1.90. The Kier molecular flexibility index (Phi) is 6.42. The van der Waals surface area contributed by atoms with E-state index in [1.165, 1.54) is 13.3 Å². The molecule has 0 aliphatic heterocycles. The van der Waals surface area contributed by atoms with Crippen LogP contribution in [-0.2, 0) is 7.05 Å². The van der Waals surface area contributed by atoms with Crippen LogP contribution in [0.3, 0.4) is 0 Å². The first kappa shape index (κ1) is 17.7. The molecular formula is C15H24ClN3O2. The van der Waals surface area contributed by atoms with E-state index in [2.05, 4.69) is 5.32 Å². The van der Waals surface area contributed by atoms with Gasteiger partial charge in [0.2, 0.25) is 0 Å². The number of rotatable bonds is 4. The number of nitrogens with one attached hydrogen (secondary N) is 1. The Morgan fingerprint density at radius 3 is 2.62 bits per heavy atom. The van der Waals surface area contributed by atoms with E-state index in [4.69, 9.17) is 5.73 Å². The Labute approximate surface area is 131 Å². The normalized spacial score (nSPS) is 21.5. The molecule has 3 N–H and O–H groups in total. The molecule has 1 aromatic rings. The van der Waals surface area contributed by atoms with Crippen LogP contribution < -0.4 is 11.1 Å². The minimum absolute atomic E-state index is 0. The van der Waals surface area contributed by atoms with Gasteiger partial charge in [-0.2, -0.15) is 0 Å². The Bertz CT molecular complexity index is 513. The first-order chi connectivity index (χ1) is 9.52. The molecule has 1 saturated carbocycles. The van der Waals surface area contributed by atoms with Crippen LogP contribution in [0.5, 0.6) is 0 Å². The molecule has 0 spiro atoms. The summed E-state index contributed by atoms with van der Waals surface area (Å²) in [5, 5.41) is 3.08. The van der Waals surface area contributed by atoms with Crippen LogP contribution in [0.4, 0.5) is 0 Å².